The molecule has 21 heavy (non-hydrogen) atoms. The number of anilines is 1. The predicted molar refractivity (Wildman–Crippen MR) is 78.3 cm³/mol. The van der Waals surface area contributed by atoms with Gasteiger partial charge in [0.1, 0.15) is 5.75 Å². The summed E-state index contributed by atoms with van der Waals surface area (Å²) in [6, 6.07) is 9.38. The van der Waals surface area contributed by atoms with Crippen LogP contribution in [0.25, 0.3) is 0 Å². The molecule has 7 nitrogen and oxygen atoms in total. The molecule has 0 aliphatic carbocycles. The molecule has 1 aromatic carbocycles. The predicted octanol–water partition coefficient (Wildman–Crippen LogP) is 1.81. The van der Waals surface area contributed by atoms with Gasteiger partial charge < -0.3 is 15.0 Å². The van der Waals surface area contributed by atoms with Crippen LogP contribution >= 0.6 is 0 Å². The molecule has 0 bridgehead atoms. The molecule has 2 N–H and O–H groups in total. The number of nitrogens with zero attached hydrogens (tertiary/aromatic N) is 2. The Morgan fingerprint density at radius 2 is 1.90 bits per heavy atom. The van der Waals surface area contributed by atoms with Crippen molar-refractivity contribution >= 4 is 11.4 Å². The molecule has 1 aromatic heterocycles. The minimum Gasteiger partial charge on any atom is -0.494 e. The van der Waals surface area contributed by atoms with E-state index in [0.717, 1.165) is 0 Å². The zero-order valence-corrected chi connectivity index (χ0v) is 11.3. The standard InChI is InChI=1S/C14H15N3O4/c15-11-2-5-13(6-3-11)21-9-1-8-16-10-12(17(19)20)4-7-14(16)18/h2-7,10H,1,8-9,15H2. The van der Waals surface area contributed by atoms with E-state index in [9.17, 15) is 14.9 Å². The number of hydrogen-bond acceptors (Lipinski definition) is 5. The Morgan fingerprint density at radius 3 is 2.57 bits per heavy atom. The molecule has 2 aromatic rings. The molecule has 0 fully saturated rings. The van der Waals surface area contributed by atoms with Crippen molar-refractivity contribution in [2.24, 2.45) is 0 Å². The Labute approximate surface area is 120 Å². The van der Waals surface area contributed by atoms with Crippen LogP contribution in [0.1, 0.15) is 6.42 Å². The van der Waals surface area contributed by atoms with Crippen molar-refractivity contribution in [3.05, 3.63) is 63.1 Å². The van der Waals surface area contributed by atoms with Gasteiger partial charge >= 0.3 is 0 Å². The fourth-order valence-electron chi connectivity index (χ4n) is 1.79. The first-order valence-electron chi connectivity index (χ1n) is 6.39. The van der Waals surface area contributed by atoms with Crippen LogP contribution < -0.4 is 16.0 Å². The maximum Gasteiger partial charge on any atom is 0.285 e. The first kappa shape index (κ1) is 14.6. The third kappa shape index (κ3) is 4.07. The van der Waals surface area contributed by atoms with E-state index >= 15 is 0 Å². The van der Waals surface area contributed by atoms with Crippen LogP contribution in [0.2, 0.25) is 0 Å². The molecule has 2 rings (SSSR count). The van der Waals surface area contributed by atoms with Gasteiger partial charge in [0.2, 0.25) is 0 Å². The molecule has 0 radical (unpaired) electrons. The molecule has 0 aliphatic rings. The van der Waals surface area contributed by atoms with E-state index in [1.54, 1.807) is 24.3 Å². The van der Waals surface area contributed by atoms with Crippen molar-refractivity contribution in [2.45, 2.75) is 13.0 Å². The normalized spacial score (nSPS) is 10.3. The lowest BCUT2D eigenvalue weighted by atomic mass is 10.3. The number of benzene rings is 1. The highest BCUT2D eigenvalue weighted by molar-refractivity contribution is 5.41. The number of rotatable bonds is 6. The second-order valence-electron chi connectivity index (χ2n) is 4.45. The maximum atomic E-state index is 11.6. The number of pyridine rings is 1. The number of nitrogen functional groups attached to an aromatic ring is 1. The molecule has 0 aliphatic heterocycles. The maximum absolute atomic E-state index is 11.6. The van der Waals surface area contributed by atoms with Crippen molar-refractivity contribution in [1.29, 1.82) is 0 Å². The van der Waals surface area contributed by atoms with Gasteiger partial charge in [0.05, 0.1) is 17.7 Å². The number of hydrogen-bond donors (Lipinski definition) is 1. The summed E-state index contributed by atoms with van der Waals surface area (Å²) in [5.74, 6) is 0.690. The molecule has 0 saturated carbocycles. The third-order valence-corrected chi connectivity index (χ3v) is 2.87. The molecule has 0 spiro atoms. The lowest BCUT2D eigenvalue weighted by molar-refractivity contribution is -0.385. The van der Waals surface area contributed by atoms with Gasteiger partial charge in [-0.1, -0.05) is 0 Å². The minimum atomic E-state index is -0.527. The molecule has 1 heterocycles. The second-order valence-corrected chi connectivity index (χ2v) is 4.45. The van der Waals surface area contributed by atoms with Crippen molar-refractivity contribution < 1.29 is 9.66 Å². The zero-order chi connectivity index (χ0) is 15.2. The van der Waals surface area contributed by atoms with Crippen molar-refractivity contribution in [2.75, 3.05) is 12.3 Å². The van der Waals surface area contributed by atoms with E-state index in [-0.39, 0.29) is 11.2 Å². The van der Waals surface area contributed by atoms with Crippen LogP contribution in [0.3, 0.4) is 0 Å². The fraction of sp³-hybridized carbons (Fsp3) is 0.214. The molecular weight excluding hydrogens is 274 g/mol. The Balaban J connectivity index is 1.88. The number of aromatic nitrogens is 1. The van der Waals surface area contributed by atoms with Crippen LogP contribution in [-0.4, -0.2) is 16.1 Å². The van der Waals surface area contributed by atoms with Gasteiger partial charge in [-0.3, -0.25) is 14.9 Å². The van der Waals surface area contributed by atoms with E-state index in [1.807, 2.05) is 0 Å². The Kier molecular flexibility index (Phi) is 4.55. The average Bonchev–Trinajstić information content (AvgIpc) is 2.47. The molecule has 110 valence electrons. The van der Waals surface area contributed by atoms with Crippen LogP contribution in [-0.2, 0) is 6.54 Å². The van der Waals surface area contributed by atoms with Gasteiger partial charge in [-0.2, -0.15) is 0 Å². The van der Waals surface area contributed by atoms with Gasteiger partial charge in [0, 0.05) is 24.4 Å². The van der Waals surface area contributed by atoms with Crippen LogP contribution in [0.4, 0.5) is 11.4 Å². The van der Waals surface area contributed by atoms with E-state index in [0.29, 0.717) is 31.0 Å². The second kappa shape index (κ2) is 6.56. The van der Waals surface area contributed by atoms with Crippen molar-refractivity contribution in [3.8, 4) is 5.75 Å². The smallest absolute Gasteiger partial charge is 0.285 e. The Hall–Kier alpha value is -2.83. The van der Waals surface area contributed by atoms with E-state index in [4.69, 9.17) is 10.5 Å². The van der Waals surface area contributed by atoms with Gasteiger partial charge in [-0.05, 0) is 30.7 Å². The summed E-state index contributed by atoms with van der Waals surface area (Å²) >= 11 is 0. The lowest BCUT2D eigenvalue weighted by Crippen LogP contribution is -2.20. The summed E-state index contributed by atoms with van der Waals surface area (Å²) in [5, 5.41) is 10.7. The quantitative estimate of drug-likeness (QED) is 0.378. The monoisotopic (exact) mass is 289 g/mol. The van der Waals surface area contributed by atoms with E-state index in [2.05, 4.69) is 0 Å². The largest absolute Gasteiger partial charge is 0.494 e. The number of aryl methyl sites for hydroxylation is 1. The molecule has 0 atom stereocenters. The van der Waals surface area contributed by atoms with Crippen molar-refractivity contribution in [1.82, 2.24) is 4.57 Å². The number of nitro groups is 1. The molecule has 0 saturated heterocycles. The first-order valence-corrected chi connectivity index (χ1v) is 6.39. The topological polar surface area (TPSA) is 100 Å². The van der Waals surface area contributed by atoms with Crippen molar-refractivity contribution in [3.63, 3.8) is 0 Å². The summed E-state index contributed by atoms with van der Waals surface area (Å²) in [6.07, 6.45) is 1.80. The molecule has 0 unspecified atom stereocenters. The Morgan fingerprint density at radius 1 is 1.19 bits per heavy atom. The first-order chi connectivity index (χ1) is 10.1. The molecule has 0 amide bonds. The van der Waals surface area contributed by atoms with Crippen LogP contribution in [0, 0.1) is 10.1 Å². The van der Waals surface area contributed by atoms with Gasteiger partial charge in [-0.15, -0.1) is 0 Å². The van der Waals surface area contributed by atoms with E-state index in [1.165, 1.54) is 22.9 Å². The van der Waals surface area contributed by atoms with Crippen LogP contribution in [0.15, 0.2) is 47.4 Å². The summed E-state index contributed by atoms with van der Waals surface area (Å²) in [4.78, 5) is 21.7. The molecular formula is C14H15N3O4. The molecule has 7 heteroatoms. The van der Waals surface area contributed by atoms with Gasteiger partial charge in [0.15, 0.2) is 0 Å². The summed E-state index contributed by atoms with van der Waals surface area (Å²) in [6.45, 7) is 0.758. The van der Waals surface area contributed by atoms with Crippen LogP contribution in [0.5, 0.6) is 5.75 Å². The lowest BCUT2D eigenvalue weighted by Gasteiger charge is -2.08. The Bertz CT molecular complexity index is 679. The number of nitrogens with two attached hydrogens (primary N) is 1. The third-order valence-electron chi connectivity index (χ3n) is 2.87. The average molecular weight is 289 g/mol. The highest BCUT2D eigenvalue weighted by atomic mass is 16.6. The summed E-state index contributed by atoms with van der Waals surface area (Å²) in [5.41, 5.74) is 5.85. The highest BCUT2D eigenvalue weighted by Crippen LogP contribution is 2.13. The highest BCUT2D eigenvalue weighted by Gasteiger charge is 2.07. The van der Waals surface area contributed by atoms with E-state index < -0.39 is 4.92 Å². The summed E-state index contributed by atoms with van der Waals surface area (Å²) in [7, 11) is 0. The number of ether oxygens (including phenoxy) is 1. The van der Waals surface area contributed by atoms with Gasteiger partial charge in [-0.25, -0.2) is 0 Å². The van der Waals surface area contributed by atoms with Gasteiger partial charge in [0.25, 0.3) is 11.2 Å². The minimum absolute atomic E-state index is 0.103. The fourth-order valence-corrected chi connectivity index (χ4v) is 1.79. The zero-order valence-electron chi connectivity index (χ0n) is 11.3. The SMILES string of the molecule is Nc1ccc(OCCCn2cc([N+](=O)[O-])ccc2=O)cc1. The summed E-state index contributed by atoms with van der Waals surface area (Å²) < 4.78 is 6.81.